The standard InChI is InChI=1S/C22H29N3O5/c1-4-29-21(26)20-15(2)12-19(24-20)25-11-10-17(18(13-25)28-3)23-22(27)30-14-16-8-6-5-7-9-16/h5-9,12,17-18,24H,4,10-11,13-14H2,1-3H3,(H,23,27). The number of ether oxygens (including phenoxy) is 3. The molecule has 2 unspecified atom stereocenters. The Kier molecular flexibility index (Phi) is 7.35. The van der Waals surface area contributed by atoms with Crippen molar-refractivity contribution in [2.75, 3.05) is 31.7 Å². The minimum Gasteiger partial charge on any atom is -0.461 e. The van der Waals surface area contributed by atoms with Gasteiger partial charge < -0.3 is 29.4 Å². The molecule has 2 aromatic rings. The molecule has 162 valence electrons. The van der Waals surface area contributed by atoms with Crippen LogP contribution in [-0.2, 0) is 20.8 Å². The molecule has 2 N–H and O–H groups in total. The zero-order valence-corrected chi connectivity index (χ0v) is 17.6. The molecule has 8 nitrogen and oxygen atoms in total. The number of nitrogens with one attached hydrogen (secondary N) is 2. The average molecular weight is 415 g/mol. The summed E-state index contributed by atoms with van der Waals surface area (Å²) in [7, 11) is 1.63. The monoisotopic (exact) mass is 415 g/mol. The third-order valence-corrected chi connectivity index (χ3v) is 5.20. The molecule has 0 spiro atoms. The number of hydrogen-bond acceptors (Lipinski definition) is 6. The maximum atomic E-state index is 12.2. The summed E-state index contributed by atoms with van der Waals surface area (Å²) in [6, 6.07) is 11.3. The number of amides is 1. The van der Waals surface area contributed by atoms with Crippen LogP contribution < -0.4 is 10.2 Å². The first-order valence-corrected chi connectivity index (χ1v) is 10.1. The third-order valence-electron chi connectivity index (χ3n) is 5.20. The van der Waals surface area contributed by atoms with E-state index < -0.39 is 6.09 Å². The summed E-state index contributed by atoms with van der Waals surface area (Å²) < 4.78 is 16.0. The number of benzene rings is 1. The van der Waals surface area contributed by atoms with Gasteiger partial charge in [0.15, 0.2) is 0 Å². The van der Waals surface area contributed by atoms with Crippen molar-refractivity contribution in [2.45, 2.75) is 39.0 Å². The molecule has 30 heavy (non-hydrogen) atoms. The van der Waals surface area contributed by atoms with Crippen molar-refractivity contribution in [3.63, 3.8) is 0 Å². The molecule has 2 atom stereocenters. The number of aryl methyl sites for hydroxylation is 1. The number of esters is 1. The van der Waals surface area contributed by atoms with Gasteiger partial charge in [-0.05, 0) is 37.5 Å². The SMILES string of the molecule is CCOC(=O)c1[nH]c(N2CCC(NC(=O)OCc3ccccc3)C(OC)C2)cc1C. The van der Waals surface area contributed by atoms with Gasteiger partial charge in [0.05, 0.1) is 18.8 Å². The molecule has 3 rings (SSSR count). The minimum atomic E-state index is -0.459. The van der Waals surface area contributed by atoms with E-state index in [1.165, 1.54) is 0 Å². The molecule has 0 aliphatic carbocycles. The molecule has 1 aliphatic heterocycles. The highest BCUT2D eigenvalue weighted by Gasteiger charge is 2.32. The van der Waals surface area contributed by atoms with Crippen molar-refractivity contribution < 1.29 is 23.8 Å². The van der Waals surface area contributed by atoms with E-state index in [0.29, 0.717) is 31.8 Å². The number of aromatic nitrogens is 1. The Morgan fingerprint density at radius 2 is 2.00 bits per heavy atom. The number of anilines is 1. The van der Waals surface area contributed by atoms with Crippen LogP contribution in [0.25, 0.3) is 0 Å². The van der Waals surface area contributed by atoms with Gasteiger partial charge in [-0.3, -0.25) is 0 Å². The Morgan fingerprint density at radius 1 is 1.23 bits per heavy atom. The fourth-order valence-corrected chi connectivity index (χ4v) is 3.58. The first-order chi connectivity index (χ1) is 14.5. The second-order valence-corrected chi connectivity index (χ2v) is 7.25. The van der Waals surface area contributed by atoms with E-state index in [1.807, 2.05) is 43.3 Å². The van der Waals surface area contributed by atoms with E-state index in [1.54, 1.807) is 14.0 Å². The van der Waals surface area contributed by atoms with Crippen molar-refractivity contribution in [2.24, 2.45) is 0 Å². The first kappa shape index (κ1) is 21.7. The van der Waals surface area contributed by atoms with Crippen LogP contribution in [0.4, 0.5) is 10.6 Å². The van der Waals surface area contributed by atoms with E-state index in [2.05, 4.69) is 15.2 Å². The van der Waals surface area contributed by atoms with Gasteiger partial charge in [-0.15, -0.1) is 0 Å². The quantitative estimate of drug-likeness (QED) is 0.676. The number of aromatic amines is 1. The molecule has 1 amide bonds. The highest BCUT2D eigenvalue weighted by atomic mass is 16.5. The third kappa shape index (κ3) is 5.33. The Balaban J connectivity index is 1.56. The van der Waals surface area contributed by atoms with Crippen molar-refractivity contribution in [1.29, 1.82) is 0 Å². The van der Waals surface area contributed by atoms with Crippen molar-refractivity contribution >= 4 is 17.9 Å². The van der Waals surface area contributed by atoms with E-state index in [0.717, 1.165) is 16.9 Å². The van der Waals surface area contributed by atoms with Gasteiger partial charge in [0.1, 0.15) is 18.1 Å². The maximum Gasteiger partial charge on any atom is 0.407 e. The number of hydrogen-bond donors (Lipinski definition) is 2. The summed E-state index contributed by atoms with van der Waals surface area (Å²) >= 11 is 0. The van der Waals surface area contributed by atoms with Crippen LogP contribution in [-0.4, -0.2) is 56.0 Å². The second kappa shape index (κ2) is 10.2. The molecule has 2 heterocycles. The van der Waals surface area contributed by atoms with E-state index in [-0.39, 0.29) is 24.7 Å². The number of carbonyl (C=O) groups excluding carboxylic acids is 2. The normalized spacial score (nSPS) is 18.7. The van der Waals surface area contributed by atoms with Crippen LogP contribution in [0.15, 0.2) is 36.4 Å². The maximum absolute atomic E-state index is 12.2. The molecule has 1 aliphatic rings. The summed E-state index contributed by atoms with van der Waals surface area (Å²) in [5.74, 6) is 0.477. The number of methoxy groups -OCH3 is 1. The van der Waals surface area contributed by atoms with Gasteiger partial charge in [0.25, 0.3) is 0 Å². The van der Waals surface area contributed by atoms with Crippen LogP contribution >= 0.6 is 0 Å². The van der Waals surface area contributed by atoms with Crippen LogP contribution in [0.1, 0.15) is 35.0 Å². The lowest BCUT2D eigenvalue weighted by Crippen LogP contribution is -2.55. The summed E-state index contributed by atoms with van der Waals surface area (Å²) in [6.07, 6.45) is 0.0171. The summed E-state index contributed by atoms with van der Waals surface area (Å²) in [6.45, 7) is 5.48. The zero-order chi connectivity index (χ0) is 21.5. The van der Waals surface area contributed by atoms with Crippen LogP contribution in [0, 0.1) is 6.92 Å². The first-order valence-electron chi connectivity index (χ1n) is 10.1. The lowest BCUT2D eigenvalue weighted by molar-refractivity contribution is 0.0517. The van der Waals surface area contributed by atoms with Gasteiger partial charge >= 0.3 is 12.1 Å². The topological polar surface area (TPSA) is 92.9 Å². The van der Waals surface area contributed by atoms with Gasteiger partial charge in [0.2, 0.25) is 0 Å². The number of H-pyrrole nitrogens is 1. The lowest BCUT2D eigenvalue weighted by atomic mass is 10.0. The highest BCUT2D eigenvalue weighted by molar-refractivity contribution is 5.90. The predicted octanol–water partition coefficient (Wildman–Crippen LogP) is 3.02. The van der Waals surface area contributed by atoms with E-state index in [4.69, 9.17) is 14.2 Å². The zero-order valence-electron chi connectivity index (χ0n) is 17.6. The molecule has 1 fully saturated rings. The molecule has 1 aromatic carbocycles. The average Bonchev–Trinajstić information content (AvgIpc) is 3.15. The predicted molar refractivity (Wildman–Crippen MR) is 113 cm³/mol. The van der Waals surface area contributed by atoms with E-state index >= 15 is 0 Å². The smallest absolute Gasteiger partial charge is 0.407 e. The fraction of sp³-hybridized carbons (Fsp3) is 0.455. The number of nitrogens with zero attached hydrogens (tertiary/aromatic N) is 1. The molecule has 1 saturated heterocycles. The molecule has 1 aromatic heterocycles. The van der Waals surface area contributed by atoms with Crippen molar-refractivity contribution in [1.82, 2.24) is 10.3 Å². The fourth-order valence-electron chi connectivity index (χ4n) is 3.58. The largest absolute Gasteiger partial charge is 0.461 e. The molecule has 0 radical (unpaired) electrons. The van der Waals surface area contributed by atoms with Crippen LogP contribution in [0.3, 0.4) is 0 Å². The Hall–Kier alpha value is -3.00. The highest BCUT2D eigenvalue weighted by Crippen LogP contribution is 2.24. The summed E-state index contributed by atoms with van der Waals surface area (Å²) in [5, 5.41) is 2.92. The van der Waals surface area contributed by atoms with E-state index in [9.17, 15) is 9.59 Å². The summed E-state index contributed by atoms with van der Waals surface area (Å²) in [5.41, 5.74) is 2.23. The molecular weight excluding hydrogens is 386 g/mol. The van der Waals surface area contributed by atoms with Crippen LogP contribution in [0.2, 0.25) is 0 Å². The molecule has 0 saturated carbocycles. The van der Waals surface area contributed by atoms with Gasteiger partial charge in [-0.1, -0.05) is 30.3 Å². The molecular formula is C22H29N3O5. The van der Waals surface area contributed by atoms with Gasteiger partial charge in [-0.2, -0.15) is 0 Å². The van der Waals surface area contributed by atoms with Crippen molar-refractivity contribution in [3.8, 4) is 0 Å². The van der Waals surface area contributed by atoms with Crippen molar-refractivity contribution in [3.05, 3.63) is 53.2 Å². The number of piperidine rings is 1. The molecule has 8 heteroatoms. The Morgan fingerprint density at radius 3 is 2.70 bits per heavy atom. The van der Waals surface area contributed by atoms with Gasteiger partial charge in [-0.25, -0.2) is 9.59 Å². The van der Waals surface area contributed by atoms with Gasteiger partial charge in [0, 0.05) is 20.2 Å². The number of carbonyl (C=O) groups is 2. The Bertz CT molecular complexity index is 852. The van der Waals surface area contributed by atoms with Crippen LogP contribution in [0.5, 0.6) is 0 Å². The number of rotatable bonds is 7. The minimum absolute atomic E-state index is 0.157. The summed E-state index contributed by atoms with van der Waals surface area (Å²) in [4.78, 5) is 29.6. The second-order valence-electron chi connectivity index (χ2n) is 7.25. The lowest BCUT2D eigenvalue weighted by Gasteiger charge is -2.38. The number of alkyl carbamates (subject to hydrolysis) is 1. The Labute approximate surface area is 176 Å². The molecule has 0 bridgehead atoms.